The maximum Gasteiger partial charge on any atom is 0.409 e. The summed E-state index contributed by atoms with van der Waals surface area (Å²) in [6, 6.07) is 0. The molecule has 176 valence electrons. The molecule has 2 rings (SSSR count). The molecule has 6 heteroatoms. The van der Waals surface area contributed by atoms with Crippen molar-refractivity contribution in [3.63, 3.8) is 0 Å². The van der Waals surface area contributed by atoms with Crippen LogP contribution in [0.2, 0.25) is 0 Å². The summed E-state index contributed by atoms with van der Waals surface area (Å²) in [5.41, 5.74) is 0.109. The molecule has 0 N–H and O–H groups in total. The molecule has 6 nitrogen and oxygen atoms in total. The summed E-state index contributed by atoms with van der Waals surface area (Å²) >= 11 is 0. The molecule has 0 unspecified atom stereocenters. The first-order valence-corrected chi connectivity index (χ1v) is 11.6. The van der Waals surface area contributed by atoms with Crippen molar-refractivity contribution in [2.24, 2.45) is 22.7 Å². The van der Waals surface area contributed by atoms with Crippen LogP contribution in [-0.2, 0) is 9.47 Å². The topological polar surface area (TPSA) is 59.1 Å². The lowest BCUT2D eigenvalue weighted by atomic mass is 9.98. The monoisotopic (exact) mass is 426 g/mol. The summed E-state index contributed by atoms with van der Waals surface area (Å²) in [4.78, 5) is 27.0. The third kappa shape index (κ3) is 11.7. The van der Waals surface area contributed by atoms with E-state index in [4.69, 9.17) is 9.47 Å². The molecule has 0 radical (unpaired) electrons. The number of carbonyl (C=O) groups excluding carboxylic acids is 2. The lowest BCUT2D eigenvalue weighted by Gasteiger charge is -2.30. The molecule has 0 aromatic heterocycles. The fourth-order valence-electron chi connectivity index (χ4n) is 3.12. The van der Waals surface area contributed by atoms with Crippen molar-refractivity contribution in [1.82, 2.24) is 9.80 Å². The van der Waals surface area contributed by atoms with E-state index in [0.29, 0.717) is 13.2 Å². The Morgan fingerprint density at radius 2 is 0.933 bits per heavy atom. The van der Waals surface area contributed by atoms with Crippen LogP contribution >= 0.6 is 0 Å². The van der Waals surface area contributed by atoms with Gasteiger partial charge >= 0.3 is 12.2 Å². The highest BCUT2D eigenvalue weighted by molar-refractivity contribution is 5.68. The van der Waals surface area contributed by atoms with Gasteiger partial charge in [-0.05, 0) is 48.3 Å². The van der Waals surface area contributed by atoms with Crippen molar-refractivity contribution in [1.29, 1.82) is 0 Å². The van der Waals surface area contributed by atoms with Gasteiger partial charge in [-0.1, -0.05) is 55.4 Å². The number of carbonyl (C=O) groups is 2. The van der Waals surface area contributed by atoms with Crippen LogP contribution in [0.1, 0.15) is 81.1 Å². The van der Waals surface area contributed by atoms with Gasteiger partial charge in [-0.25, -0.2) is 9.59 Å². The molecular formula is C24H46N2O4. The van der Waals surface area contributed by atoms with Gasteiger partial charge in [0.05, 0.1) is 13.2 Å². The first kappa shape index (κ1) is 26.6. The van der Waals surface area contributed by atoms with Gasteiger partial charge in [-0.15, -0.1) is 0 Å². The van der Waals surface area contributed by atoms with Crippen molar-refractivity contribution in [2.75, 3.05) is 39.4 Å². The van der Waals surface area contributed by atoms with Gasteiger partial charge in [-0.2, -0.15) is 0 Å². The van der Waals surface area contributed by atoms with Crippen molar-refractivity contribution in [3.8, 4) is 0 Å². The third-order valence-corrected chi connectivity index (χ3v) is 5.34. The average Bonchev–Trinajstić information content (AvgIpc) is 2.65. The van der Waals surface area contributed by atoms with Crippen LogP contribution in [0.4, 0.5) is 9.59 Å². The Labute approximate surface area is 184 Å². The van der Waals surface area contributed by atoms with E-state index in [2.05, 4.69) is 55.4 Å². The Hall–Kier alpha value is -1.46. The molecule has 2 fully saturated rings. The highest BCUT2D eigenvalue weighted by Gasteiger charge is 2.24. The number of piperidine rings is 2. The van der Waals surface area contributed by atoms with Gasteiger partial charge in [0.25, 0.3) is 0 Å². The van der Waals surface area contributed by atoms with Crippen molar-refractivity contribution < 1.29 is 19.1 Å². The summed E-state index contributed by atoms with van der Waals surface area (Å²) in [7, 11) is 0. The minimum absolute atomic E-state index is 0.0543. The minimum atomic E-state index is -0.142. The number of nitrogens with zero attached hydrogens (tertiary/aromatic N) is 2. The zero-order valence-corrected chi connectivity index (χ0v) is 20.8. The Morgan fingerprint density at radius 1 is 0.667 bits per heavy atom. The second kappa shape index (κ2) is 11.8. The third-order valence-electron chi connectivity index (χ3n) is 5.34. The van der Waals surface area contributed by atoms with Crippen LogP contribution in [0, 0.1) is 22.7 Å². The zero-order valence-electron chi connectivity index (χ0n) is 20.8. The maximum atomic E-state index is 11.7. The van der Waals surface area contributed by atoms with E-state index in [9.17, 15) is 9.59 Å². The lowest BCUT2D eigenvalue weighted by Crippen LogP contribution is -2.39. The molecule has 30 heavy (non-hydrogen) atoms. The van der Waals surface area contributed by atoms with E-state index in [1.165, 1.54) is 0 Å². The van der Waals surface area contributed by atoms with E-state index in [0.717, 1.165) is 63.7 Å². The summed E-state index contributed by atoms with van der Waals surface area (Å²) in [5.74, 6) is 1.49. The maximum absolute atomic E-state index is 11.7. The average molecular weight is 427 g/mol. The van der Waals surface area contributed by atoms with Crippen molar-refractivity contribution in [3.05, 3.63) is 0 Å². The van der Waals surface area contributed by atoms with Crippen LogP contribution < -0.4 is 0 Å². The van der Waals surface area contributed by atoms with Gasteiger partial charge in [-0.3, -0.25) is 0 Å². The summed E-state index contributed by atoms with van der Waals surface area (Å²) in [5, 5.41) is 0. The standard InChI is InChI=1S/2C12H23NO2/c2*1-10-5-7-13(8-6-10)11(14)15-9-12(2,3)4/h2*10H,5-9H2,1-4H3. The quantitative estimate of drug-likeness (QED) is 0.560. The van der Waals surface area contributed by atoms with E-state index in [-0.39, 0.29) is 23.0 Å². The van der Waals surface area contributed by atoms with Crippen LogP contribution in [0.5, 0.6) is 0 Å². The largest absolute Gasteiger partial charge is 0.449 e. The predicted molar refractivity (Wildman–Crippen MR) is 122 cm³/mol. The Morgan fingerprint density at radius 3 is 1.17 bits per heavy atom. The number of rotatable bonds is 2. The first-order valence-electron chi connectivity index (χ1n) is 11.6. The summed E-state index contributed by atoms with van der Waals surface area (Å²) < 4.78 is 10.5. The normalized spacial score (nSPS) is 19.1. The van der Waals surface area contributed by atoms with Gasteiger partial charge in [0.2, 0.25) is 0 Å². The Bertz CT molecular complexity index is 472. The SMILES string of the molecule is CC1CCN(C(=O)OCC(C)(C)C)CC1.CC1CCN(C(=O)OCC(C)(C)C)CC1. The predicted octanol–water partition coefficient (Wildman–Crippen LogP) is 5.80. The van der Waals surface area contributed by atoms with E-state index in [1.54, 1.807) is 0 Å². The number of amides is 2. The molecule has 2 aliphatic rings. The molecule has 2 saturated heterocycles. The van der Waals surface area contributed by atoms with Gasteiger partial charge in [0, 0.05) is 26.2 Å². The van der Waals surface area contributed by atoms with Crippen LogP contribution in [-0.4, -0.2) is 61.4 Å². The number of hydrogen-bond donors (Lipinski definition) is 0. The second-order valence-electron chi connectivity index (χ2n) is 11.6. The molecule has 2 heterocycles. The molecular weight excluding hydrogens is 380 g/mol. The number of likely N-dealkylation sites (tertiary alicyclic amines) is 2. The summed E-state index contributed by atoms with van der Waals surface area (Å²) in [6.07, 6.45) is 4.12. The highest BCUT2D eigenvalue weighted by Crippen LogP contribution is 2.19. The second-order valence-corrected chi connectivity index (χ2v) is 11.6. The van der Waals surface area contributed by atoms with E-state index < -0.39 is 0 Å². The number of hydrogen-bond acceptors (Lipinski definition) is 4. The molecule has 2 amide bonds. The molecule has 0 atom stereocenters. The van der Waals surface area contributed by atoms with Gasteiger partial charge in [0.1, 0.15) is 0 Å². The Kier molecular flexibility index (Phi) is 10.5. The first-order chi connectivity index (χ1) is 13.8. The minimum Gasteiger partial charge on any atom is -0.449 e. The van der Waals surface area contributed by atoms with Crippen molar-refractivity contribution >= 4 is 12.2 Å². The zero-order chi connectivity index (χ0) is 22.9. The molecule has 0 spiro atoms. The fraction of sp³-hybridized carbons (Fsp3) is 0.917. The molecule has 0 bridgehead atoms. The number of ether oxygens (including phenoxy) is 2. The smallest absolute Gasteiger partial charge is 0.409 e. The molecule has 0 aliphatic carbocycles. The highest BCUT2D eigenvalue weighted by atomic mass is 16.6. The van der Waals surface area contributed by atoms with E-state index in [1.807, 2.05) is 9.80 Å². The van der Waals surface area contributed by atoms with Crippen LogP contribution in [0.3, 0.4) is 0 Å². The van der Waals surface area contributed by atoms with Gasteiger partial charge < -0.3 is 19.3 Å². The molecule has 2 aliphatic heterocycles. The molecule has 0 aromatic rings. The van der Waals surface area contributed by atoms with E-state index >= 15 is 0 Å². The van der Waals surface area contributed by atoms with Crippen LogP contribution in [0.15, 0.2) is 0 Å². The molecule has 0 aromatic carbocycles. The molecule has 0 saturated carbocycles. The van der Waals surface area contributed by atoms with Crippen molar-refractivity contribution in [2.45, 2.75) is 81.1 Å². The fourth-order valence-corrected chi connectivity index (χ4v) is 3.12. The summed E-state index contributed by atoms with van der Waals surface area (Å²) in [6.45, 7) is 21.3. The van der Waals surface area contributed by atoms with Crippen LogP contribution in [0.25, 0.3) is 0 Å². The van der Waals surface area contributed by atoms with Gasteiger partial charge in [0.15, 0.2) is 0 Å². The Balaban J connectivity index is 0.000000300. The lowest BCUT2D eigenvalue weighted by molar-refractivity contribution is 0.0627.